The summed E-state index contributed by atoms with van der Waals surface area (Å²) in [5.74, 6) is 1.24. The van der Waals surface area contributed by atoms with Crippen LogP contribution in [0.2, 0.25) is 0 Å². The van der Waals surface area contributed by atoms with E-state index in [-0.39, 0.29) is 24.3 Å². The lowest BCUT2D eigenvalue weighted by Crippen LogP contribution is -2.20. The first-order valence-corrected chi connectivity index (χ1v) is 10.3. The van der Waals surface area contributed by atoms with Gasteiger partial charge >= 0.3 is 0 Å². The predicted molar refractivity (Wildman–Crippen MR) is 119 cm³/mol. The summed E-state index contributed by atoms with van der Waals surface area (Å²) in [7, 11) is 0. The smallest absolute Gasteiger partial charge is 0.262 e. The second-order valence-corrected chi connectivity index (χ2v) is 7.42. The number of nitrogens with one attached hydrogen (secondary N) is 2. The molecule has 0 radical (unpaired) electrons. The number of carbonyl (C=O) groups excluding carboxylic acids is 2. The van der Waals surface area contributed by atoms with Crippen molar-refractivity contribution < 1.29 is 19.1 Å². The number of amides is 2. The Kier molecular flexibility index (Phi) is 6.47. The molecule has 2 amide bonds. The maximum atomic E-state index is 12.2. The van der Waals surface area contributed by atoms with Gasteiger partial charge in [-0.05, 0) is 66.9 Å². The molecule has 0 bridgehead atoms. The zero-order valence-electron chi connectivity index (χ0n) is 17.0. The fourth-order valence-electron chi connectivity index (χ4n) is 2.95. The summed E-state index contributed by atoms with van der Waals surface area (Å²) in [6.07, 6.45) is 1.93. The molecule has 0 heterocycles. The number of rotatable bonds is 9. The molecule has 6 heteroatoms. The minimum absolute atomic E-state index is 0.0598. The minimum atomic E-state index is -0.260. The minimum Gasteiger partial charge on any atom is -0.489 e. The van der Waals surface area contributed by atoms with Gasteiger partial charge in [-0.2, -0.15) is 0 Å². The van der Waals surface area contributed by atoms with Gasteiger partial charge in [-0.3, -0.25) is 9.59 Å². The van der Waals surface area contributed by atoms with Gasteiger partial charge in [-0.1, -0.05) is 30.3 Å². The van der Waals surface area contributed by atoms with E-state index in [1.54, 1.807) is 36.4 Å². The van der Waals surface area contributed by atoms with Crippen LogP contribution < -0.4 is 20.1 Å². The van der Waals surface area contributed by atoms with Gasteiger partial charge < -0.3 is 20.1 Å². The van der Waals surface area contributed by atoms with Crippen LogP contribution in [-0.2, 0) is 16.2 Å². The van der Waals surface area contributed by atoms with Crippen LogP contribution in [0.4, 0.5) is 11.4 Å². The van der Waals surface area contributed by atoms with E-state index in [0.29, 0.717) is 18.0 Å². The number of carbonyl (C=O) groups is 2. The summed E-state index contributed by atoms with van der Waals surface area (Å²) in [6, 6.07) is 24.1. The molecule has 0 saturated heterocycles. The van der Waals surface area contributed by atoms with Gasteiger partial charge in [0.15, 0.2) is 6.61 Å². The Balaban J connectivity index is 1.20. The normalized spacial score (nSPS) is 12.6. The molecule has 0 unspecified atom stereocenters. The summed E-state index contributed by atoms with van der Waals surface area (Å²) < 4.78 is 11.3. The van der Waals surface area contributed by atoms with Crippen LogP contribution in [0.1, 0.15) is 18.4 Å². The monoisotopic (exact) mass is 416 g/mol. The highest BCUT2D eigenvalue weighted by Crippen LogP contribution is 2.30. The van der Waals surface area contributed by atoms with Crippen molar-refractivity contribution in [2.45, 2.75) is 19.4 Å². The van der Waals surface area contributed by atoms with Gasteiger partial charge in [-0.25, -0.2) is 0 Å². The molecule has 0 aliphatic heterocycles. The van der Waals surface area contributed by atoms with E-state index in [1.807, 2.05) is 42.5 Å². The quantitative estimate of drug-likeness (QED) is 0.533. The predicted octanol–water partition coefficient (Wildman–Crippen LogP) is 4.63. The lowest BCUT2D eigenvalue weighted by molar-refractivity contribution is -0.118. The molecule has 31 heavy (non-hydrogen) atoms. The van der Waals surface area contributed by atoms with Crippen LogP contribution in [0, 0.1) is 5.92 Å². The Morgan fingerprint density at radius 1 is 0.742 bits per heavy atom. The largest absolute Gasteiger partial charge is 0.489 e. The molecule has 0 aromatic heterocycles. The molecule has 0 spiro atoms. The second kappa shape index (κ2) is 9.80. The third kappa shape index (κ3) is 6.34. The van der Waals surface area contributed by atoms with E-state index >= 15 is 0 Å². The highest BCUT2D eigenvalue weighted by molar-refractivity contribution is 5.94. The highest BCUT2D eigenvalue weighted by atomic mass is 16.5. The van der Waals surface area contributed by atoms with Gasteiger partial charge in [0.05, 0.1) is 0 Å². The first-order chi connectivity index (χ1) is 15.2. The SMILES string of the molecule is O=C(COc1ccc(NC(=O)C2CC2)cc1)Nc1ccc(OCc2ccccc2)cc1. The Hall–Kier alpha value is -3.80. The van der Waals surface area contributed by atoms with Crippen molar-refractivity contribution in [2.24, 2.45) is 5.92 Å². The van der Waals surface area contributed by atoms with Crippen molar-refractivity contribution >= 4 is 23.2 Å². The van der Waals surface area contributed by atoms with Gasteiger partial charge in [0, 0.05) is 17.3 Å². The maximum absolute atomic E-state index is 12.2. The van der Waals surface area contributed by atoms with Crippen LogP contribution in [0.5, 0.6) is 11.5 Å². The van der Waals surface area contributed by atoms with Crippen LogP contribution in [0.3, 0.4) is 0 Å². The zero-order chi connectivity index (χ0) is 21.5. The lowest BCUT2D eigenvalue weighted by atomic mass is 10.2. The van der Waals surface area contributed by atoms with E-state index in [4.69, 9.17) is 9.47 Å². The molecular formula is C25H24N2O4. The van der Waals surface area contributed by atoms with Crippen molar-refractivity contribution in [1.29, 1.82) is 0 Å². The number of benzene rings is 3. The molecule has 6 nitrogen and oxygen atoms in total. The van der Waals surface area contributed by atoms with Gasteiger partial charge in [-0.15, -0.1) is 0 Å². The Morgan fingerprint density at radius 2 is 1.32 bits per heavy atom. The van der Waals surface area contributed by atoms with Gasteiger partial charge in [0.25, 0.3) is 5.91 Å². The molecule has 4 rings (SSSR count). The standard InChI is InChI=1S/C25H24N2O4/c28-24(17-31-23-14-10-21(11-15-23)27-25(29)19-6-7-19)26-20-8-12-22(13-9-20)30-16-18-4-2-1-3-5-18/h1-5,8-15,19H,6-7,16-17H2,(H,26,28)(H,27,29). The molecule has 1 fully saturated rings. The molecule has 158 valence electrons. The summed E-state index contributed by atoms with van der Waals surface area (Å²) in [6.45, 7) is 0.378. The number of hydrogen-bond acceptors (Lipinski definition) is 4. The summed E-state index contributed by atoms with van der Waals surface area (Å²) >= 11 is 0. The first kappa shape index (κ1) is 20.5. The lowest BCUT2D eigenvalue weighted by Gasteiger charge is -2.10. The third-order valence-electron chi connectivity index (χ3n) is 4.83. The van der Waals surface area contributed by atoms with Crippen molar-refractivity contribution in [2.75, 3.05) is 17.2 Å². The van der Waals surface area contributed by atoms with E-state index in [9.17, 15) is 9.59 Å². The highest BCUT2D eigenvalue weighted by Gasteiger charge is 2.29. The van der Waals surface area contributed by atoms with Crippen molar-refractivity contribution in [3.63, 3.8) is 0 Å². The molecule has 2 N–H and O–H groups in total. The third-order valence-corrected chi connectivity index (χ3v) is 4.83. The molecule has 1 aliphatic carbocycles. The molecule has 0 atom stereocenters. The van der Waals surface area contributed by atoms with E-state index in [0.717, 1.165) is 29.8 Å². The molecule has 3 aromatic carbocycles. The maximum Gasteiger partial charge on any atom is 0.262 e. The summed E-state index contributed by atoms with van der Waals surface area (Å²) in [4.78, 5) is 23.9. The van der Waals surface area contributed by atoms with Gasteiger partial charge in [0.1, 0.15) is 18.1 Å². The fraction of sp³-hybridized carbons (Fsp3) is 0.200. The summed E-state index contributed by atoms with van der Waals surface area (Å²) in [5.41, 5.74) is 2.48. The summed E-state index contributed by atoms with van der Waals surface area (Å²) in [5, 5.41) is 5.66. The molecule has 1 aliphatic rings. The van der Waals surface area contributed by atoms with E-state index in [1.165, 1.54) is 0 Å². The van der Waals surface area contributed by atoms with Crippen molar-refractivity contribution in [3.8, 4) is 11.5 Å². The molecular weight excluding hydrogens is 392 g/mol. The van der Waals surface area contributed by atoms with E-state index in [2.05, 4.69) is 10.6 Å². The number of anilines is 2. The average molecular weight is 416 g/mol. The molecule has 1 saturated carbocycles. The topological polar surface area (TPSA) is 76.7 Å². The van der Waals surface area contributed by atoms with Crippen LogP contribution in [0.25, 0.3) is 0 Å². The first-order valence-electron chi connectivity index (χ1n) is 10.3. The van der Waals surface area contributed by atoms with Crippen LogP contribution in [0.15, 0.2) is 78.9 Å². The Morgan fingerprint density at radius 3 is 1.94 bits per heavy atom. The number of ether oxygens (including phenoxy) is 2. The second-order valence-electron chi connectivity index (χ2n) is 7.42. The Bertz CT molecular complexity index is 1010. The fourth-order valence-corrected chi connectivity index (χ4v) is 2.95. The van der Waals surface area contributed by atoms with Gasteiger partial charge in [0.2, 0.25) is 5.91 Å². The Labute approximate surface area is 181 Å². The van der Waals surface area contributed by atoms with Crippen molar-refractivity contribution in [3.05, 3.63) is 84.4 Å². The molecule has 3 aromatic rings. The average Bonchev–Trinajstić information content (AvgIpc) is 3.65. The van der Waals surface area contributed by atoms with E-state index < -0.39 is 0 Å². The van der Waals surface area contributed by atoms with Crippen LogP contribution >= 0.6 is 0 Å². The van der Waals surface area contributed by atoms with Crippen LogP contribution in [-0.4, -0.2) is 18.4 Å². The zero-order valence-corrected chi connectivity index (χ0v) is 17.0. The number of hydrogen-bond donors (Lipinski definition) is 2. The van der Waals surface area contributed by atoms with Crippen molar-refractivity contribution in [1.82, 2.24) is 0 Å².